The van der Waals surface area contributed by atoms with Crippen molar-refractivity contribution < 1.29 is 9.53 Å². The van der Waals surface area contributed by atoms with E-state index in [0.717, 1.165) is 16.7 Å². The molecule has 204 valence electrons. The van der Waals surface area contributed by atoms with Gasteiger partial charge in [-0.3, -0.25) is 14.2 Å². The molecular weight excluding hydrogens is 512 g/mol. The Morgan fingerprint density at radius 1 is 0.927 bits per heavy atom. The van der Waals surface area contributed by atoms with Crippen LogP contribution in [0.15, 0.2) is 108 Å². The molecule has 7 heteroatoms. The quantitative estimate of drug-likeness (QED) is 0.238. The number of carbonyl (C=O) groups excluding carboxylic acids is 1. The summed E-state index contributed by atoms with van der Waals surface area (Å²) in [5.41, 5.74) is 4.46. The van der Waals surface area contributed by atoms with E-state index in [1.807, 2.05) is 55.5 Å². The van der Waals surface area contributed by atoms with Gasteiger partial charge < -0.3 is 9.64 Å². The molecule has 0 aliphatic heterocycles. The van der Waals surface area contributed by atoms with Crippen molar-refractivity contribution in [2.24, 2.45) is 0 Å². The van der Waals surface area contributed by atoms with Crippen molar-refractivity contribution >= 4 is 16.8 Å². The van der Waals surface area contributed by atoms with Crippen LogP contribution >= 0.6 is 0 Å². The van der Waals surface area contributed by atoms with Gasteiger partial charge in [-0.05, 0) is 60.0 Å². The summed E-state index contributed by atoms with van der Waals surface area (Å²) in [6, 6.07) is 33.6. The average Bonchev–Trinajstić information content (AvgIpc) is 3.02. The average molecular weight is 543 g/mol. The van der Waals surface area contributed by atoms with Crippen LogP contribution in [0.4, 0.5) is 0 Å². The Morgan fingerprint density at radius 2 is 1.59 bits per heavy atom. The summed E-state index contributed by atoms with van der Waals surface area (Å²) in [5.74, 6) is 0.332. The number of methoxy groups -OCH3 is 1. The third kappa shape index (κ3) is 5.93. The monoisotopic (exact) mass is 542 g/mol. The predicted molar refractivity (Wildman–Crippen MR) is 160 cm³/mol. The lowest BCUT2D eigenvalue weighted by molar-refractivity contribution is -0.133. The molecule has 0 bridgehead atoms. The molecule has 4 aromatic carbocycles. The molecule has 0 fully saturated rings. The van der Waals surface area contributed by atoms with Gasteiger partial charge in [-0.25, -0.2) is 4.98 Å². The second-order valence-electron chi connectivity index (χ2n) is 9.78. The van der Waals surface area contributed by atoms with Crippen molar-refractivity contribution in [1.29, 1.82) is 5.26 Å². The minimum atomic E-state index is -0.547. The van der Waals surface area contributed by atoms with Crippen LogP contribution in [0.5, 0.6) is 0 Å². The number of nitriles is 1. The molecule has 0 aliphatic carbocycles. The fourth-order valence-corrected chi connectivity index (χ4v) is 4.95. The van der Waals surface area contributed by atoms with E-state index >= 15 is 0 Å². The third-order valence-corrected chi connectivity index (χ3v) is 7.17. The maximum Gasteiger partial charge on any atom is 0.266 e. The van der Waals surface area contributed by atoms with Gasteiger partial charge in [-0.15, -0.1) is 0 Å². The smallest absolute Gasteiger partial charge is 0.266 e. The lowest BCUT2D eigenvalue weighted by Gasteiger charge is -2.30. The number of nitrogens with zero attached hydrogens (tertiary/aromatic N) is 4. The van der Waals surface area contributed by atoms with Crippen molar-refractivity contribution in [2.75, 3.05) is 20.3 Å². The van der Waals surface area contributed by atoms with Gasteiger partial charge in [-0.2, -0.15) is 5.26 Å². The normalized spacial score (nSPS) is 11.6. The molecule has 5 rings (SSSR count). The highest BCUT2D eigenvalue weighted by Gasteiger charge is 2.27. The van der Waals surface area contributed by atoms with Gasteiger partial charge in [0.15, 0.2) is 0 Å². The Labute approximate surface area is 238 Å². The molecular formula is C34H30N4O3. The zero-order chi connectivity index (χ0) is 28.8. The van der Waals surface area contributed by atoms with Gasteiger partial charge >= 0.3 is 0 Å². The largest absolute Gasteiger partial charge is 0.383 e. The van der Waals surface area contributed by atoms with Crippen molar-refractivity contribution in [2.45, 2.75) is 19.4 Å². The van der Waals surface area contributed by atoms with E-state index in [1.165, 1.54) is 4.57 Å². The Balaban J connectivity index is 1.51. The molecule has 0 radical (unpaired) electrons. The molecule has 0 saturated carbocycles. The lowest BCUT2D eigenvalue weighted by Crippen LogP contribution is -2.40. The summed E-state index contributed by atoms with van der Waals surface area (Å²) < 4.78 is 6.88. The van der Waals surface area contributed by atoms with Crippen LogP contribution in [0.2, 0.25) is 0 Å². The highest BCUT2D eigenvalue weighted by molar-refractivity contribution is 5.80. The van der Waals surface area contributed by atoms with Crippen LogP contribution in [0.25, 0.3) is 27.7 Å². The van der Waals surface area contributed by atoms with E-state index in [2.05, 4.69) is 18.2 Å². The summed E-state index contributed by atoms with van der Waals surface area (Å²) in [7, 11) is 1.59. The molecule has 1 aromatic heterocycles. The summed E-state index contributed by atoms with van der Waals surface area (Å²) in [6.07, 6.45) is 0.192. The molecule has 0 aliphatic rings. The highest BCUT2D eigenvalue weighted by atomic mass is 16.5. The first-order valence-corrected chi connectivity index (χ1v) is 13.4. The van der Waals surface area contributed by atoms with Crippen LogP contribution < -0.4 is 5.56 Å². The minimum Gasteiger partial charge on any atom is -0.383 e. The maximum atomic E-state index is 13.8. The Morgan fingerprint density at radius 3 is 2.27 bits per heavy atom. The predicted octanol–water partition coefficient (Wildman–Crippen LogP) is 5.70. The van der Waals surface area contributed by atoms with Crippen LogP contribution in [-0.2, 0) is 16.0 Å². The number of aromatic nitrogens is 2. The first kappa shape index (κ1) is 27.5. The number of amides is 1. The number of ether oxygens (including phenoxy) is 1. The van der Waals surface area contributed by atoms with Crippen LogP contribution in [0, 0.1) is 11.3 Å². The van der Waals surface area contributed by atoms with E-state index in [-0.39, 0.29) is 17.9 Å². The van der Waals surface area contributed by atoms with Crippen LogP contribution in [0.1, 0.15) is 29.9 Å². The molecule has 0 saturated heterocycles. The molecule has 5 aromatic rings. The number of fused-ring (bicyclic) bond motifs is 1. The van der Waals surface area contributed by atoms with Gasteiger partial charge in [0.05, 0.1) is 47.3 Å². The van der Waals surface area contributed by atoms with Gasteiger partial charge in [0.2, 0.25) is 5.91 Å². The minimum absolute atomic E-state index is 0.101. The van der Waals surface area contributed by atoms with E-state index in [4.69, 9.17) is 9.72 Å². The fourth-order valence-electron chi connectivity index (χ4n) is 4.95. The second-order valence-corrected chi connectivity index (χ2v) is 9.78. The lowest BCUT2D eigenvalue weighted by atomic mass is 10.0. The Hall–Kier alpha value is -5.06. The Bertz CT molecular complexity index is 1760. The van der Waals surface area contributed by atoms with E-state index < -0.39 is 6.04 Å². The van der Waals surface area contributed by atoms with Crippen LogP contribution in [-0.4, -0.2) is 40.6 Å². The number of carbonyl (C=O) groups is 1. The first-order chi connectivity index (χ1) is 20.0. The topological polar surface area (TPSA) is 88.2 Å². The number of rotatable bonds is 9. The SMILES string of the molecule is COCCN(C(=O)Cc1ccc(-c2ccccc2)cc1)C(C)c1nc2ccccc2c(=O)n1-c1ccc(C#N)cc1. The number of para-hydroxylation sites is 1. The number of benzene rings is 4. The highest BCUT2D eigenvalue weighted by Crippen LogP contribution is 2.25. The van der Waals surface area contributed by atoms with E-state index in [0.29, 0.717) is 41.1 Å². The standard InChI is InChI=1S/C34H30N4O3/c1-24(33-36-31-11-7-6-10-30(31)34(40)38(33)29-18-14-26(23-35)15-19-29)37(20-21-41-2)32(39)22-25-12-16-28(17-13-25)27-8-4-3-5-9-27/h3-19,24H,20-22H2,1-2H3. The summed E-state index contributed by atoms with van der Waals surface area (Å²) in [6.45, 7) is 2.54. The molecule has 41 heavy (non-hydrogen) atoms. The number of hydrogen-bond donors (Lipinski definition) is 0. The number of hydrogen-bond acceptors (Lipinski definition) is 5. The second kappa shape index (κ2) is 12.4. The third-order valence-electron chi connectivity index (χ3n) is 7.17. The van der Waals surface area contributed by atoms with Gasteiger partial charge in [0.1, 0.15) is 5.82 Å². The summed E-state index contributed by atoms with van der Waals surface area (Å²) in [4.78, 5) is 34.2. The molecule has 1 heterocycles. The summed E-state index contributed by atoms with van der Waals surface area (Å²) in [5, 5.41) is 9.73. The van der Waals surface area contributed by atoms with E-state index in [1.54, 1.807) is 54.5 Å². The Kier molecular flexibility index (Phi) is 8.33. The first-order valence-electron chi connectivity index (χ1n) is 13.4. The zero-order valence-corrected chi connectivity index (χ0v) is 23.0. The van der Waals surface area contributed by atoms with Crippen molar-refractivity contribution in [3.05, 3.63) is 130 Å². The molecule has 0 N–H and O–H groups in total. The van der Waals surface area contributed by atoms with Gasteiger partial charge in [-0.1, -0.05) is 66.7 Å². The maximum absolute atomic E-state index is 13.8. The van der Waals surface area contributed by atoms with Gasteiger partial charge in [0.25, 0.3) is 5.56 Å². The van der Waals surface area contributed by atoms with Crippen molar-refractivity contribution in [3.8, 4) is 22.9 Å². The molecule has 0 spiro atoms. The summed E-state index contributed by atoms with van der Waals surface area (Å²) >= 11 is 0. The van der Waals surface area contributed by atoms with Crippen molar-refractivity contribution in [1.82, 2.24) is 14.5 Å². The van der Waals surface area contributed by atoms with Gasteiger partial charge in [0, 0.05) is 13.7 Å². The molecule has 1 atom stereocenters. The van der Waals surface area contributed by atoms with Crippen LogP contribution in [0.3, 0.4) is 0 Å². The zero-order valence-electron chi connectivity index (χ0n) is 23.0. The molecule has 1 amide bonds. The molecule has 7 nitrogen and oxygen atoms in total. The van der Waals surface area contributed by atoms with Crippen molar-refractivity contribution in [3.63, 3.8) is 0 Å². The van der Waals surface area contributed by atoms with E-state index in [9.17, 15) is 14.9 Å². The fraction of sp³-hybridized carbons (Fsp3) is 0.176. The molecule has 1 unspecified atom stereocenters.